The molecule has 148 valence electrons. The summed E-state index contributed by atoms with van der Waals surface area (Å²) in [4.78, 5) is 50.1. The molecule has 0 spiro atoms. The van der Waals surface area contributed by atoms with E-state index in [9.17, 15) is 23.6 Å². The zero-order valence-corrected chi connectivity index (χ0v) is 15.9. The van der Waals surface area contributed by atoms with Crippen LogP contribution in [0.5, 0.6) is 0 Å². The van der Waals surface area contributed by atoms with Crippen LogP contribution in [-0.2, 0) is 20.7 Å². The van der Waals surface area contributed by atoms with Crippen molar-refractivity contribution in [1.82, 2.24) is 4.98 Å². The molecule has 28 heavy (non-hydrogen) atoms. The Morgan fingerprint density at radius 2 is 1.82 bits per heavy atom. The van der Waals surface area contributed by atoms with Gasteiger partial charge in [0.05, 0.1) is 30.5 Å². The second-order valence-electron chi connectivity index (χ2n) is 6.13. The van der Waals surface area contributed by atoms with E-state index in [1.165, 1.54) is 33.1 Å². The van der Waals surface area contributed by atoms with Gasteiger partial charge in [-0.3, -0.25) is 14.4 Å². The Kier molecular flexibility index (Phi) is 6.29. The summed E-state index contributed by atoms with van der Waals surface area (Å²) < 4.78 is 18.4. The van der Waals surface area contributed by atoms with Gasteiger partial charge in [-0.1, -0.05) is 0 Å². The molecule has 0 saturated carbocycles. The molecule has 8 nitrogen and oxygen atoms in total. The molecular weight excluding hydrogens is 369 g/mol. The zero-order chi connectivity index (χ0) is 21.0. The first-order chi connectivity index (χ1) is 13.1. The van der Waals surface area contributed by atoms with Crippen LogP contribution >= 0.6 is 0 Å². The summed E-state index contributed by atoms with van der Waals surface area (Å²) in [6, 6.07) is 3.71. The van der Waals surface area contributed by atoms with Gasteiger partial charge in [0, 0.05) is 25.2 Å². The second kappa shape index (κ2) is 8.47. The first-order valence-corrected chi connectivity index (χ1v) is 8.31. The van der Waals surface area contributed by atoms with Gasteiger partial charge in [-0.25, -0.2) is 9.18 Å². The Morgan fingerprint density at radius 3 is 2.39 bits per heavy atom. The van der Waals surface area contributed by atoms with E-state index in [0.717, 1.165) is 6.07 Å². The number of rotatable bonds is 6. The molecule has 0 radical (unpaired) electrons. The number of carbonyl (C=O) groups excluding carboxylic acids is 4. The van der Waals surface area contributed by atoms with Gasteiger partial charge in [-0.2, -0.15) is 0 Å². The molecule has 2 rings (SSSR count). The van der Waals surface area contributed by atoms with Crippen molar-refractivity contribution in [2.75, 3.05) is 17.7 Å². The van der Waals surface area contributed by atoms with Gasteiger partial charge in [0.2, 0.25) is 11.8 Å². The van der Waals surface area contributed by atoms with Crippen LogP contribution in [-0.4, -0.2) is 35.7 Å². The van der Waals surface area contributed by atoms with E-state index in [1.807, 2.05) is 0 Å². The van der Waals surface area contributed by atoms with Crippen LogP contribution in [0.25, 0.3) is 0 Å². The molecule has 0 bridgehead atoms. The molecule has 0 atom stereocenters. The number of hydrogen-bond donors (Lipinski definition) is 3. The van der Waals surface area contributed by atoms with Gasteiger partial charge in [-0.05, 0) is 30.7 Å². The number of ether oxygens (including phenoxy) is 1. The van der Waals surface area contributed by atoms with Gasteiger partial charge < -0.3 is 20.4 Å². The number of halogens is 1. The quantitative estimate of drug-likeness (QED) is 0.519. The lowest BCUT2D eigenvalue weighted by molar-refractivity contribution is -0.116. The average molecular weight is 389 g/mol. The molecule has 1 aromatic carbocycles. The second-order valence-corrected chi connectivity index (χ2v) is 6.13. The number of anilines is 2. The minimum absolute atomic E-state index is 0.0740. The van der Waals surface area contributed by atoms with Crippen LogP contribution in [0.1, 0.15) is 46.0 Å². The predicted molar refractivity (Wildman–Crippen MR) is 99.9 cm³/mol. The van der Waals surface area contributed by atoms with Crippen molar-refractivity contribution >= 4 is 34.9 Å². The van der Waals surface area contributed by atoms with Crippen LogP contribution in [0.2, 0.25) is 0 Å². The summed E-state index contributed by atoms with van der Waals surface area (Å²) in [6.07, 6.45) is -0.245. The van der Waals surface area contributed by atoms with Crippen molar-refractivity contribution in [1.29, 1.82) is 0 Å². The van der Waals surface area contributed by atoms with E-state index < -0.39 is 23.6 Å². The monoisotopic (exact) mass is 389 g/mol. The summed E-state index contributed by atoms with van der Waals surface area (Å²) in [7, 11) is 1.20. The van der Waals surface area contributed by atoms with Crippen molar-refractivity contribution in [2.24, 2.45) is 0 Å². The van der Waals surface area contributed by atoms with Crippen molar-refractivity contribution < 1.29 is 28.3 Å². The number of methoxy groups -OCH3 is 1. The highest BCUT2D eigenvalue weighted by Gasteiger charge is 2.24. The maximum atomic E-state index is 13.7. The topological polar surface area (TPSA) is 117 Å². The van der Waals surface area contributed by atoms with Gasteiger partial charge in [0.25, 0.3) is 0 Å². The zero-order valence-electron chi connectivity index (χ0n) is 15.9. The van der Waals surface area contributed by atoms with E-state index in [2.05, 4.69) is 15.6 Å². The predicted octanol–water partition coefficient (Wildman–Crippen LogP) is 2.59. The maximum absolute atomic E-state index is 13.7. The van der Waals surface area contributed by atoms with Crippen molar-refractivity contribution in [2.45, 2.75) is 27.2 Å². The number of Topliss-reactive ketones (excluding diaryl/α,β-unsaturated/α-hetero) is 1. The lowest BCUT2D eigenvalue weighted by Gasteiger charge is -2.09. The van der Waals surface area contributed by atoms with Gasteiger partial charge in [0.15, 0.2) is 5.78 Å². The van der Waals surface area contributed by atoms with Crippen molar-refractivity contribution in [3.05, 3.63) is 46.5 Å². The van der Waals surface area contributed by atoms with Gasteiger partial charge in [0.1, 0.15) is 5.82 Å². The number of H-pyrrole nitrogens is 1. The van der Waals surface area contributed by atoms with Crippen LogP contribution in [0.4, 0.5) is 15.8 Å². The molecule has 0 unspecified atom stereocenters. The third-order valence-corrected chi connectivity index (χ3v) is 3.97. The third kappa shape index (κ3) is 4.61. The number of ketones is 1. The SMILES string of the molecule is COC(=O)c1c(CC(=O)Nc2ccc(F)c(NC(C)=O)c2)[nH]c(C(C)=O)c1C. The minimum Gasteiger partial charge on any atom is -0.465 e. The number of nitrogens with one attached hydrogen (secondary N) is 3. The maximum Gasteiger partial charge on any atom is 0.339 e. The Morgan fingerprint density at radius 1 is 1.14 bits per heavy atom. The average Bonchev–Trinajstić information content (AvgIpc) is 2.93. The molecule has 0 fully saturated rings. The molecule has 2 aromatic rings. The van der Waals surface area contributed by atoms with E-state index in [-0.39, 0.29) is 40.5 Å². The highest BCUT2D eigenvalue weighted by atomic mass is 19.1. The Labute approximate surface area is 160 Å². The molecule has 0 aliphatic heterocycles. The van der Waals surface area contributed by atoms with E-state index in [1.54, 1.807) is 6.92 Å². The summed E-state index contributed by atoms with van der Waals surface area (Å²) >= 11 is 0. The first kappa shape index (κ1) is 20.8. The van der Waals surface area contributed by atoms with E-state index in [0.29, 0.717) is 5.56 Å². The normalized spacial score (nSPS) is 10.3. The summed E-state index contributed by atoms with van der Waals surface area (Å²) in [5.41, 5.74) is 1.16. The van der Waals surface area contributed by atoms with Crippen molar-refractivity contribution in [3.8, 4) is 0 Å². The molecule has 2 amide bonds. The number of amides is 2. The minimum atomic E-state index is -0.668. The molecule has 1 heterocycles. The number of carbonyl (C=O) groups is 4. The smallest absolute Gasteiger partial charge is 0.339 e. The number of hydrogen-bond acceptors (Lipinski definition) is 5. The van der Waals surface area contributed by atoms with Gasteiger partial charge in [-0.15, -0.1) is 0 Å². The highest BCUT2D eigenvalue weighted by molar-refractivity contribution is 6.02. The van der Waals surface area contributed by atoms with Crippen LogP contribution in [0, 0.1) is 12.7 Å². The number of benzene rings is 1. The summed E-state index contributed by atoms with van der Waals surface area (Å²) in [5, 5.41) is 4.88. The number of aromatic nitrogens is 1. The molecule has 3 N–H and O–H groups in total. The molecule has 1 aromatic heterocycles. The lowest BCUT2D eigenvalue weighted by atomic mass is 10.1. The first-order valence-electron chi connectivity index (χ1n) is 8.31. The molecule has 0 saturated heterocycles. The fourth-order valence-electron chi connectivity index (χ4n) is 2.78. The largest absolute Gasteiger partial charge is 0.465 e. The highest BCUT2D eigenvalue weighted by Crippen LogP contribution is 2.22. The number of esters is 1. The molecule has 9 heteroatoms. The Hall–Kier alpha value is -3.49. The van der Waals surface area contributed by atoms with E-state index in [4.69, 9.17) is 4.74 Å². The number of aromatic amines is 1. The fourth-order valence-corrected chi connectivity index (χ4v) is 2.78. The summed E-state index contributed by atoms with van der Waals surface area (Å²) in [6.45, 7) is 4.16. The van der Waals surface area contributed by atoms with Crippen LogP contribution in [0.15, 0.2) is 18.2 Å². The third-order valence-electron chi connectivity index (χ3n) is 3.97. The van der Waals surface area contributed by atoms with Crippen LogP contribution < -0.4 is 10.6 Å². The fraction of sp³-hybridized carbons (Fsp3) is 0.263. The van der Waals surface area contributed by atoms with Gasteiger partial charge >= 0.3 is 5.97 Å². The van der Waals surface area contributed by atoms with Crippen molar-refractivity contribution in [3.63, 3.8) is 0 Å². The molecular formula is C19H20FN3O5. The Bertz CT molecular complexity index is 965. The Balaban J connectivity index is 2.26. The lowest BCUT2D eigenvalue weighted by Crippen LogP contribution is -2.17. The van der Waals surface area contributed by atoms with Crippen LogP contribution in [0.3, 0.4) is 0 Å². The standard InChI is InChI=1S/C19H20FN3O5/c1-9-17(19(27)28-4)15(23-18(9)10(2)24)8-16(26)22-12-5-6-13(20)14(7-12)21-11(3)25/h5-7,23H,8H2,1-4H3,(H,21,25)(H,22,26). The summed E-state index contributed by atoms with van der Waals surface area (Å²) in [5.74, 6) is -2.57. The molecule has 0 aliphatic rings. The van der Waals surface area contributed by atoms with E-state index >= 15 is 0 Å². The molecule has 0 aliphatic carbocycles.